The van der Waals surface area contributed by atoms with Crippen LogP contribution in [0.1, 0.15) is 5.89 Å². The van der Waals surface area contributed by atoms with Gasteiger partial charge in [-0.3, -0.25) is 0 Å². The molecule has 3 nitrogen and oxygen atoms in total. The van der Waals surface area contributed by atoms with Gasteiger partial charge >= 0.3 is 0 Å². The summed E-state index contributed by atoms with van der Waals surface area (Å²) in [6.45, 7) is 0. The molecule has 16 heavy (non-hydrogen) atoms. The molecule has 0 unspecified atom stereocenters. The number of aromatic nitrogens is 2. The molecular formula is C10H7Br2ClN2O. The van der Waals surface area contributed by atoms with Crippen molar-refractivity contribution < 1.29 is 4.42 Å². The Morgan fingerprint density at radius 2 is 2.06 bits per heavy atom. The molecule has 2 rings (SSSR count). The lowest BCUT2D eigenvalue weighted by atomic mass is 10.2. The molecule has 84 valence electrons. The molecule has 0 atom stereocenters. The van der Waals surface area contributed by atoms with Crippen LogP contribution >= 0.6 is 43.5 Å². The van der Waals surface area contributed by atoms with E-state index in [9.17, 15) is 0 Å². The Hall–Kier alpha value is -0.390. The smallest absolute Gasteiger partial charge is 0.248 e. The maximum atomic E-state index is 5.60. The van der Waals surface area contributed by atoms with Gasteiger partial charge in [0.2, 0.25) is 11.8 Å². The van der Waals surface area contributed by atoms with Crippen molar-refractivity contribution in [1.29, 1.82) is 0 Å². The van der Waals surface area contributed by atoms with Crippen molar-refractivity contribution in [3.8, 4) is 11.5 Å². The highest BCUT2D eigenvalue weighted by Gasteiger charge is 2.11. The Bertz CT molecular complexity index is 501. The second-order valence-electron chi connectivity index (χ2n) is 3.06. The van der Waals surface area contributed by atoms with Gasteiger partial charge in [-0.2, -0.15) is 0 Å². The van der Waals surface area contributed by atoms with Crippen molar-refractivity contribution in [2.75, 3.05) is 5.88 Å². The first-order valence-corrected chi connectivity index (χ1v) is 6.66. The van der Waals surface area contributed by atoms with Crippen LogP contribution in [0.25, 0.3) is 11.5 Å². The van der Waals surface area contributed by atoms with Crippen molar-refractivity contribution in [3.05, 3.63) is 33.0 Å². The van der Waals surface area contributed by atoms with E-state index in [0.29, 0.717) is 24.1 Å². The quantitative estimate of drug-likeness (QED) is 0.770. The van der Waals surface area contributed by atoms with Gasteiger partial charge in [-0.1, -0.05) is 15.9 Å². The largest absolute Gasteiger partial charge is 0.421 e. The summed E-state index contributed by atoms with van der Waals surface area (Å²) in [6, 6.07) is 5.77. The lowest BCUT2D eigenvalue weighted by Crippen LogP contribution is -1.84. The van der Waals surface area contributed by atoms with Crippen molar-refractivity contribution in [2.24, 2.45) is 0 Å². The van der Waals surface area contributed by atoms with Gasteiger partial charge in [0.25, 0.3) is 0 Å². The Balaban J connectivity index is 2.38. The summed E-state index contributed by atoms with van der Waals surface area (Å²) < 4.78 is 7.36. The van der Waals surface area contributed by atoms with E-state index in [4.69, 9.17) is 16.0 Å². The Kier molecular flexibility index (Phi) is 4.00. The standard InChI is InChI=1S/C10H7Br2ClN2O/c11-6-1-2-8(12)7(5-6)10-15-14-9(16-10)3-4-13/h1-2,5H,3-4H2. The zero-order valence-electron chi connectivity index (χ0n) is 8.08. The summed E-state index contributed by atoms with van der Waals surface area (Å²) in [6.07, 6.45) is 0.584. The highest BCUT2D eigenvalue weighted by molar-refractivity contribution is 9.11. The fourth-order valence-electron chi connectivity index (χ4n) is 1.21. The van der Waals surface area contributed by atoms with Crippen LogP contribution in [0.2, 0.25) is 0 Å². The topological polar surface area (TPSA) is 38.9 Å². The number of rotatable bonds is 3. The molecule has 0 fully saturated rings. The second-order valence-corrected chi connectivity index (χ2v) is 5.21. The molecule has 6 heteroatoms. The maximum Gasteiger partial charge on any atom is 0.248 e. The summed E-state index contributed by atoms with van der Waals surface area (Å²) in [5.74, 6) is 1.52. The fourth-order valence-corrected chi connectivity index (χ4v) is 2.14. The lowest BCUT2D eigenvalue weighted by molar-refractivity contribution is 0.513. The van der Waals surface area contributed by atoms with Gasteiger partial charge in [-0.05, 0) is 34.1 Å². The highest BCUT2D eigenvalue weighted by Crippen LogP contribution is 2.30. The van der Waals surface area contributed by atoms with Crippen molar-refractivity contribution >= 4 is 43.5 Å². The average Bonchev–Trinajstić information content (AvgIpc) is 2.71. The number of halogens is 3. The molecule has 0 spiro atoms. The molecule has 0 saturated carbocycles. The van der Waals surface area contributed by atoms with E-state index in [1.807, 2.05) is 18.2 Å². The minimum absolute atomic E-state index is 0.473. The van der Waals surface area contributed by atoms with Gasteiger partial charge < -0.3 is 4.42 Å². The van der Waals surface area contributed by atoms with Crippen LogP contribution in [0.15, 0.2) is 31.6 Å². The van der Waals surface area contributed by atoms with Crippen LogP contribution in [-0.4, -0.2) is 16.1 Å². The molecule has 0 amide bonds. The second kappa shape index (κ2) is 5.29. The van der Waals surface area contributed by atoms with Gasteiger partial charge in [0.05, 0.1) is 5.56 Å². The minimum atomic E-state index is 0.473. The zero-order valence-corrected chi connectivity index (χ0v) is 12.0. The number of hydrogen-bond acceptors (Lipinski definition) is 3. The molecule has 0 aliphatic carbocycles. The van der Waals surface area contributed by atoms with E-state index in [0.717, 1.165) is 14.5 Å². The van der Waals surface area contributed by atoms with E-state index in [1.54, 1.807) is 0 Å². The van der Waals surface area contributed by atoms with Crippen molar-refractivity contribution in [1.82, 2.24) is 10.2 Å². The van der Waals surface area contributed by atoms with Crippen LogP contribution in [0.4, 0.5) is 0 Å². The number of hydrogen-bond donors (Lipinski definition) is 0. The van der Waals surface area contributed by atoms with Gasteiger partial charge in [-0.15, -0.1) is 21.8 Å². The molecule has 1 aromatic heterocycles. The first-order valence-electron chi connectivity index (χ1n) is 4.54. The van der Waals surface area contributed by atoms with Crippen LogP contribution in [0.3, 0.4) is 0 Å². The van der Waals surface area contributed by atoms with Crippen molar-refractivity contribution in [2.45, 2.75) is 6.42 Å². The molecule has 0 radical (unpaired) electrons. The van der Waals surface area contributed by atoms with Gasteiger partial charge in [0, 0.05) is 21.2 Å². The SMILES string of the molecule is ClCCc1nnc(-c2cc(Br)ccc2Br)o1. The van der Waals surface area contributed by atoms with Crippen LogP contribution in [0, 0.1) is 0 Å². The first-order chi connectivity index (χ1) is 7.70. The monoisotopic (exact) mass is 364 g/mol. The maximum absolute atomic E-state index is 5.60. The van der Waals surface area contributed by atoms with Gasteiger partial charge in [-0.25, -0.2) is 0 Å². The minimum Gasteiger partial charge on any atom is -0.421 e. The molecule has 1 aromatic carbocycles. The fraction of sp³-hybridized carbons (Fsp3) is 0.200. The molecule has 0 aliphatic heterocycles. The molecule has 2 aromatic rings. The van der Waals surface area contributed by atoms with Gasteiger partial charge in [0.1, 0.15) is 0 Å². The van der Waals surface area contributed by atoms with Gasteiger partial charge in [0.15, 0.2) is 0 Å². The summed E-state index contributed by atoms with van der Waals surface area (Å²) in [5, 5.41) is 7.90. The molecular weight excluding hydrogens is 359 g/mol. The number of nitrogens with zero attached hydrogens (tertiary/aromatic N) is 2. The third kappa shape index (κ3) is 2.64. The van der Waals surface area contributed by atoms with Crippen LogP contribution in [-0.2, 0) is 6.42 Å². The predicted octanol–water partition coefficient (Wildman–Crippen LogP) is 4.04. The predicted molar refractivity (Wildman–Crippen MR) is 69.6 cm³/mol. The highest BCUT2D eigenvalue weighted by atomic mass is 79.9. The van der Waals surface area contributed by atoms with E-state index in [1.165, 1.54) is 0 Å². The summed E-state index contributed by atoms with van der Waals surface area (Å²) in [5.41, 5.74) is 0.864. The molecule has 0 bridgehead atoms. The van der Waals surface area contributed by atoms with Crippen LogP contribution < -0.4 is 0 Å². The Morgan fingerprint density at radius 1 is 1.25 bits per heavy atom. The third-order valence-corrected chi connectivity index (χ3v) is 3.31. The normalized spacial score (nSPS) is 10.7. The van der Waals surface area contributed by atoms with E-state index in [2.05, 4.69) is 42.1 Å². The van der Waals surface area contributed by atoms with E-state index < -0.39 is 0 Å². The molecule has 0 N–H and O–H groups in total. The van der Waals surface area contributed by atoms with E-state index in [-0.39, 0.29) is 0 Å². The molecule has 0 aliphatic rings. The summed E-state index contributed by atoms with van der Waals surface area (Å²) in [4.78, 5) is 0. The molecule has 0 saturated heterocycles. The number of benzene rings is 1. The summed E-state index contributed by atoms with van der Waals surface area (Å²) >= 11 is 12.4. The van der Waals surface area contributed by atoms with Crippen LogP contribution in [0.5, 0.6) is 0 Å². The summed E-state index contributed by atoms with van der Waals surface area (Å²) in [7, 11) is 0. The zero-order chi connectivity index (χ0) is 11.5. The van der Waals surface area contributed by atoms with Crippen molar-refractivity contribution in [3.63, 3.8) is 0 Å². The first kappa shape index (κ1) is 12.1. The average molecular weight is 366 g/mol. The Labute approximate surface area is 114 Å². The molecule has 1 heterocycles. The number of aryl methyl sites for hydroxylation is 1. The lowest BCUT2D eigenvalue weighted by Gasteiger charge is -1.99. The van der Waals surface area contributed by atoms with E-state index >= 15 is 0 Å². The Morgan fingerprint density at radius 3 is 2.81 bits per heavy atom. The third-order valence-electron chi connectivity index (χ3n) is 1.93. The number of alkyl halides is 1.